The van der Waals surface area contributed by atoms with Gasteiger partial charge < -0.3 is 0 Å². The monoisotopic (exact) mass is 342 g/mol. The highest BCUT2D eigenvalue weighted by atomic mass is 32.2. The largest absolute Gasteiger partial charge is 0.268 e. The molecule has 0 saturated carbocycles. The fraction of sp³-hybridized carbons (Fsp3) is 0.0625. The van der Waals surface area contributed by atoms with Crippen molar-refractivity contribution in [3.05, 3.63) is 72.1 Å². The third kappa shape index (κ3) is 3.85. The van der Waals surface area contributed by atoms with Crippen LogP contribution in [0.3, 0.4) is 0 Å². The number of hydrogen-bond donors (Lipinski definition) is 2. The summed E-state index contributed by atoms with van der Waals surface area (Å²) in [4.78, 5) is 16.2. The predicted molar refractivity (Wildman–Crippen MR) is 88.4 cm³/mol. The summed E-state index contributed by atoms with van der Waals surface area (Å²) in [6.45, 7) is 0. The van der Waals surface area contributed by atoms with E-state index in [1.54, 1.807) is 48.5 Å². The van der Waals surface area contributed by atoms with E-state index < -0.39 is 15.9 Å². The summed E-state index contributed by atoms with van der Waals surface area (Å²) in [5, 5.41) is 6.44. The lowest BCUT2D eigenvalue weighted by Gasteiger charge is -2.08. The molecule has 2 aromatic carbocycles. The number of carbonyl (C=O) groups excluding carboxylic acids is 1. The van der Waals surface area contributed by atoms with Gasteiger partial charge in [0.05, 0.1) is 5.75 Å². The Morgan fingerprint density at radius 3 is 2.58 bits per heavy atom. The van der Waals surface area contributed by atoms with Crippen LogP contribution in [0, 0.1) is 0 Å². The second-order valence-corrected chi connectivity index (χ2v) is 6.81. The average Bonchev–Trinajstić information content (AvgIpc) is 3.09. The molecule has 0 aliphatic heterocycles. The number of hydrogen-bond acceptors (Lipinski definition) is 5. The highest BCUT2D eigenvalue weighted by Crippen LogP contribution is 2.15. The minimum atomic E-state index is -3.78. The molecule has 0 saturated heterocycles. The van der Waals surface area contributed by atoms with Crippen molar-refractivity contribution in [2.45, 2.75) is 5.75 Å². The van der Waals surface area contributed by atoms with Crippen molar-refractivity contribution in [2.75, 3.05) is 0 Å². The predicted octanol–water partition coefficient (Wildman–Crippen LogP) is 1.73. The molecule has 0 aliphatic carbocycles. The first kappa shape index (κ1) is 15.9. The van der Waals surface area contributed by atoms with Gasteiger partial charge in [-0.05, 0) is 17.7 Å². The zero-order valence-electron chi connectivity index (χ0n) is 12.5. The Morgan fingerprint density at radius 2 is 1.88 bits per heavy atom. The van der Waals surface area contributed by atoms with E-state index in [9.17, 15) is 13.2 Å². The molecule has 0 radical (unpaired) electrons. The number of aromatic amines is 1. The zero-order valence-corrected chi connectivity index (χ0v) is 13.3. The Hall–Kier alpha value is -3.00. The highest BCUT2D eigenvalue weighted by Gasteiger charge is 2.17. The lowest BCUT2D eigenvalue weighted by atomic mass is 10.1. The van der Waals surface area contributed by atoms with E-state index in [-0.39, 0.29) is 11.3 Å². The van der Waals surface area contributed by atoms with Crippen LogP contribution < -0.4 is 4.72 Å². The van der Waals surface area contributed by atoms with Gasteiger partial charge in [-0.2, -0.15) is 5.10 Å². The standard InChI is InChI=1S/C16H14N4O3S/c21-16(20-24(22,23)10-12-5-2-1-3-6-12)14-8-4-7-13(9-14)15-17-11-18-19-15/h1-9,11H,10H2,(H,20,21)(H,17,18,19). The van der Waals surface area contributed by atoms with Crippen LogP contribution in [-0.4, -0.2) is 29.5 Å². The second-order valence-electron chi connectivity index (χ2n) is 5.09. The molecule has 0 atom stereocenters. The molecule has 8 heteroatoms. The quantitative estimate of drug-likeness (QED) is 0.735. The topological polar surface area (TPSA) is 105 Å². The van der Waals surface area contributed by atoms with Gasteiger partial charge in [-0.25, -0.2) is 18.1 Å². The van der Waals surface area contributed by atoms with E-state index >= 15 is 0 Å². The van der Waals surface area contributed by atoms with Crippen molar-refractivity contribution >= 4 is 15.9 Å². The summed E-state index contributed by atoms with van der Waals surface area (Å²) < 4.78 is 26.4. The van der Waals surface area contributed by atoms with Crippen LogP contribution in [0.15, 0.2) is 60.9 Å². The smallest absolute Gasteiger partial charge is 0.264 e. The number of rotatable bonds is 5. The molecule has 0 unspecified atom stereocenters. The molecule has 3 rings (SSSR count). The van der Waals surface area contributed by atoms with Crippen LogP contribution in [0.2, 0.25) is 0 Å². The summed E-state index contributed by atoms with van der Waals surface area (Å²) in [6.07, 6.45) is 1.35. The molecule has 1 heterocycles. The van der Waals surface area contributed by atoms with Gasteiger partial charge in [-0.1, -0.05) is 42.5 Å². The average molecular weight is 342 g/mol. The highest BCUT2D eigenvalue weighted by molar-refractivity contribution is 7.89. The fourth-order valence-electron chi connectivity index (χ4n) is 2.18. The number of amides is 1. The molecule has 3 aromatic rings. The SMILES string of the molecule is O=C(NS(=O)(=O)Cc1ccccc1)c1cccc(-c2ncn[nH]2)c1. The van der Waals surface area contributed by atoms with E-state index in [1.807, 2.05) is 0 Å². The van der Waals surface area contributed by atoms with Crippen molar-refractivity contribution in [3.8, 4) is 11.4 Å². The summed E-state index contributed by atoms with van der Waals surface area (Å²) in [5.41, 5.74) is 1.47. The van der Waals surface area contributed by atoms with Crippen LogP contribution in [0.1, 0.15) is 15.9 Å². The van der Waals surface area contributed by atoms with E-state index in [2.05, 4.69) is 19.9 Å². The number of benzene rings is 2. The van der Waals surface area contributed by atoms with Crippen molar-refractivity contribution in [2.24, 2.45) is 0 Å². The Labute approximate surface area is 138 Å². The Morgan fingerprint density at radius 1 is 1.08 bits per heavy atom. The molecular weight excluding hydrogens is 328 g/mol. The number of sulfonamides is 1. The van der Waals surface area contributed by atoms with E-state index in [1.165, 1.54) is 12.4 Å². The zero-order chi connectivity index (χ0) is 17.0. The van der Waals surface area contributed by atoms with Gasteiger partial charge in [0.2, 0.25) is 10.0 Å². The number of carbonyl (C=O) groups is 1. The van der Waals surface area contributed by atoms with Crippen LogP contribution in [0.4, 0.5) is 0 Å². The first-order chi connectivity index (χ1) is 11.5. The summed E-state index contributed by atoms with van der Waals surface area (Å²) in [7, 11) is -3.78. The van der Waals surface area contributed by atoms with Crippen LogP contribution in [-0.2, 0) is 15.8 Å². The summed E-state index contributed by atoms with van der Waals surface area (Å²) in [5.74, 6) is -0.453. The first-order valence-electron chi connectivity index (χ1n) is 7.08. The molecule has 24 heavy (non-hydrogen) atoms. The number of nitrogens with one attached hydrogen (secondary N) is 2. The lowest BCUT2D eigenvalue weighted by Crippen LogP contribution is -2.31. The van der Waals surface area contributed by atoms with Crippen molar-refractivity contribution in [1.29, 1.82) is 0 Å². The van der Waals surface area contributed by atoms with Crippen LogP contribution in [0.25, 0.3) is 11.4 Å². The Bertz CT molecular complexity index is 938. The van der Waals surface area contributed by atoms with Crippen LogP contribution >= 0.6 is 0 Å². The number of nitrogens with zero attached hydrogens (tertiary/aromatic N) is 2. The van der Waals surface area contributed by atoms with Gasteiger partial charge in [0.15, 0.2) is 5.82 Å². The first-order valence-corrected chi connectivity index (χ1v) is 8.73. The van der Waals surface area contributed by atoms with Crippen molar-refractivity contribution < 1.29 is 13.2 Å². The molecule has 122 valence electrons. The molecule has 0 aliphatic rings. The van der Waals surface area contributed by atoms with E-state index in [0.717, 1.165) is 0 Å². The molecule has 2 N–H and O–H groups in total. The molecule has 0 bridgehead atoms. The molecule has 7 nitrogen and oxygen atoms in total. The maximum absolute atomic E-state index is 12.2. The molecular formula is C16H14N4O3S. The molecule has 0 fully saturated rings. The number of H-pyrrole nitrogens is 1. The van der Waals surface area contributed by atoms with Crippen LogP contribution in [0.5, 0.6) is 0 Å². The number of aromatic nitrogens is 3. The van der Waals surface area contributed by atoms with Gasteiger partial charge in [0, 0.05) is 11.1 Å². The van der Waals surface area contributed by atoms with Crippen molar-refractivity contribution in [3.63, 3.8) is 0 Å². The molecule has 1 aromatic heterocycles. The maximum Gasteiger partial charge on any atom is 0.264 e. The Kier molecular flexibility index (Phi) is 4.39. The van der Waals surface area contributed by atoms with E-state index in [4.69, 9.17) is 0 Å². The fourth-order valence-corrected chi connectivity index (χ4v) is 3.29. The normalized spacial score (nSPS) is 11.2. The molecule has 1 amide bonds. The van der Waals surface area contributed by atoms with Crippen molar-refractivity contribution in [1.82, 2.24) is 19.9 Å². The van der Waals surface area contributed by atoms with Gasteiger partial charge in [0.1, 0.15) is 6.33 Å². The summed E-state index contributed by atoms with van der Waals surface area (Å²) >= 11 is 0. The summed E-state index contributed by atoms with van der Waals surface area (Å²) in [6, 6.07) is 15.1. The van der Waals surface area contributed by atoms with Gasteiger partial charge in [-0.3, -0.25) is 9.89 Å². The minimum Gasteiger partial charge on any atom is -0.268 e. The molecule has 0 spiro atoms. The second kappa shape index (κ2) is 6.63. The maximum atomic E-state index is 12.2. The lowest BCUT2D eigenvalue weighted by molar-refractivity contribution is 0.0981. The Balaban J connectivity index is 1.76. The third-order valence-corrected chi connectivity index (χ3v) is 4.47. The van der Waals surface area contributed by atoms with Gasteiger partial charge in [0.25, 0.3) is 5.91 Å². The van der Waals surface area contributed by atoms with Gasteiger partial charge >= 0.3 is 0 Å². The van der Waals surface area contributed by atoms with E-state index in [0.29, 0.717) is 17.0 Å². The third-order valence-electron chi connectivity index (χ3n) is 3.26. The van der Waals surface area contributed by atoms with Gasteiger partial charge in [-0.15, -0.1) is 0 Å². The minimum absolute atomic E-state index is 0.223.